The molecule has 1 amide bonds. The molecule has 1 aromatic rings. The molecule has 17 heavy (non-hydrogen) atoms. The number of rotatable bonds is 7. The van der Waals surface area contributed by atoms with Gasteiger partial charge in [0.1, 0.15) is 0 Å². The lowest BCUT2D eigenvalue weighted by atomic mass is 10.2. The standard InChI is InChI=1S/C13H22N2OS/c1-4-11(12-6-5-7-17-12)14-9-13(16)15-8-10(2)3/h5-7,10-11,14H,4,8-9H2,1-3H3,(H,15,16). The van der Waals surface area contributed by atoms with Gasteiger partial charge in [-0.05, 0) is 23.8 Å². The molecule has 0 bridgehead atoms. The topological polar surface area (TPSA) is 41.1 Å². The minimum atomic E-state index is 0.0775. The highest BCUT2D eigenvalue weighted by Crippen LogP contribution is 2.21. The first-order valence-electron chi connectivity index (χ1n) is 6.17. The Morgan fingerprint density at radius 2 is 2.24 bits per heavy atom. The summed E-state index contributed by atoms with van der Waals surface area (Å²) in [6.07, 6.45) is 0.998. The molecule has 0 fully saturated rings. The Morgan fingerprint density at radius 1 is 1.47 bits per heavy atom. The van der Waals surface area contributed by atoms with Crippen molar-refractivity contribution in [2.24, 2.45) is 5.92 Å². The van der Waals surface area contributed by atoms with Gasteiger partial charge in [-0.25, -0.2) is 0 Å². The molecule has 1 atom stereocenters. The van der Waals surface area contributed by atoms with E-state index in [1.165, 1.54) is 4.88 Å². The van der Waals surface area contributed by atoms with Gasteiger partial charge in [0.15, 0.2) is 0 Å². The van der Waals surface area contributed by atoms with Crippen LogP contribution in [0.15, 0.2) is 17.5 Å². The van der Waals surface area contributed by atoms with Crippen molar-refractivity contribution in [1.82, 2.24) is 10.6 Å². The first-order valence-corrected chi connectivity index (χ1v) is 7.05. The molecule has 0 aliphatic heterocycles. The third-order valence-corrected chi connectivity index (χ3v) is 3.50. The van der Waals surface area contributed by atoms with Crippen LogP contribution in [0.25, 0.3) is 0 Å². The molecule has 0 saturated carbocycles. The Labute approximate surface area is 108 Å². The normalized spacial score (nSPS) is 12.7. The number of amides is 1. The zero-order valence-corrected chi connectivity index (χ0v) is 11.6. The minimum Gasteiger partial charge on any atom is -0.355 e. The Kier molecular flexibility index (Phi) is 6.22. The van der Waals surface area contributed by atoms with Crippen LogP contribution in [-0.2, 0) is 4.79 Å². The van der Waals surface area contributed by atoms with E-state index in [2.05, 4.69) is 42.9 Å². The maximum absolute atomic E-state index is 11.6. The van der Waals surface area contributed by atoms with Crippen LogP contribution < -0.4 is 10.6 Å². The predicted molar refractivity (Wildman–Crippen MR) is 73.2 cm³/mol. The molecule has 0 aliphatic rings. The molecule has 0 aliphatic carbocycles. The smallest absolute Gasteiger partial charge is 0.233 e. The van der Waals surface area contributed by atoms with Gasteiger partial charge < -0.3 is 10.6 Å². The lowest BCUT2D eigenvalue weighted by molar-refractivity contribution is -0.120. The van der Waals surface area contributed by atoms with Gasteiger partial charge in [-0.3, -0.25) is 4.79 Å². The second-order valence-corrected chi connectivity index (χ2v) is 5.53. The van der Waals surface area contributed by atoms with E-state index in [1.807, 2.05) is 6.07 Å². The van der Waals surface area contributed by atoms with Gasteiger partial charge in [-0.15, -0.1) is 11.3 Å². The summed E-state index contributed by atoms with van der Waals surface area (Å²) in [5, 5.41) is 8.27. The van der Waals surface area contributed by atoms with Crippen molar-refractivity contribution in [1.29, 1.82) is 0 Å². The van der Waals surface area contributed by atoms with E-state index < -0.39 is 0 Å². The molecule has 3 nitrogen and oxygen atoms in total. The number of carbonyl (C=O) groups excluding carboxylic acids is 1. The maximum atomic E-state index is 11.6. The fourth-order valence-corrected chi connectivity index (χ4v) is 2.42. The average Bonchev–Trinajstić information content (AvgIpc) is 2.81. The second kappa shape index (κ2) is 7.45. The molecule has 1 heterocycles. The van der Waals surface area contributed by atoms with Gasteiger partial charge in [0.25, 0.3) is 0 Å². The number of nitrogens with one attached hydrogen (secondary N) is 2. The lowest BCUT2D eigenvalue weighted by Crippen LogP contribution is -2.37. The predicted octanol–water partition coefficient (Wildman–Crippen LogP) is 2.56. The molecular formula is C13H22N2OS. The summed E-state index contributed by atoms with van der Waals surface area (Å²) in [5.41, 5.74) is 0. The van der Waals surface area contributed by atoms with E-state index in [0.717, 1.165) is 13.0 Å². The molecule has 1 unspecified atom stereocenters. The first kappa shape index (κ1) is 14.2. The van der Waals surface area contributed by atoms with E-state index in [9.17, 15) is 4.79 Å². The third-order valence-electron chi connectivity index (χ3n) is 2.51. The SMILES string of the molecule is CCC(NCC(=O)NCC(C)C)c1cccs1. The number of thiophene rings is 1. The zero-order chi connectivity index (χ0) is 12.7. The molecule has 0 spiro atoms. The molecular weight excluding hydrogens is 232 g/mol. The van der Waals surface area contributed by atoms with Crippen LogP contribution >= 0.6 is 11.3 Å². The van der Waals surface area contributed by atoms with Crippen LogP contribution in [0.4, 0.5) is 0 Å². The highest BCUT2D eigenvalue weighted by Gasteiger charge is 2.11. The van der Waals surface area contributed by atoms with Gasteiger partial charge in [-0.1, -0.05) is 26.8 Å². The number of hydrogen-bond donors (Lipinski definition) is 2. The quantitative estimate of drug-likeness (QED) is 0.785. The highest BCUT2D eigenvalue weighted by molar-refractivity contribution is 7.10. The largest absolute Gasteiger partial charge is 0.355 e. The molecule has 96 valence electrons. The molecule has 1 aromatic heterocycles. The summed E-state index contributed by atoms with van der Waals surface area (Å²) in [5.74, 6) is 0.576. The fraction of sp³-hybridized carbons (Fsp3) is 0.615. The summed E-state index contributed by atoms with van der Waals surface area (Å²) in [7, 11) is 0. The zero-order valence-electron chi connectivity index (χ0n) is 10.8. The van der Waals surface area contributed by atoms with E-state index in [1.54, 1.807) is 11.3 Å². The van der Waals surface area contributed by atoms with Gasteiger partial charge in [0, 0.05) is 17.5 Å². The third kappa shape index (κ3) is 5.33. The van der Waals surface area contributed by atoms with Crippen molar-refractivity contribution in [2.75, 3.05) is 13.1 Å². The van der Waals surface area contributed by atoms with Crippen molar-refractivity contribution >= 4 is 17.2 Å². The molecule has 4 heteroatoms. The molecule has 0 radical (unpaired) electrons. The fourth-order valence-electron chi connectivity index (χ4n) is 1.53. The first-order chi connectivity index (χ1) is 8.13. The Hall–Kier alpha value is -0.870. The molecule has 2 N–H and O–H groups in total. The van der Waals surface area contributed by atoms with Gasteiger partial charge in [0.2, 0.25) is 5.91 Å². The van der Waals surface area contributed by atoms with Crippen LogP contribution in [0, 0.1) is 5.92 Å². The molecule has 0 aromatic carbocycles. The Balaban J connectivity index is 2.31. The van der Waals surface area contributed by atoms with Gasteiger partial charge in [0.05, 0.1) is 6.54 Å². The van der Waals surface area contributed by atoms with Crippen LogP contribution in [-0.4, -0.2) is 19.0 Å². The summed E-state index contributed by atoms with van der Waals surface area (Å²) in [4.78, 5) is 12.9. The van der Waals surface area contributed by atoms with Crippen molar-refractivity contribution < 1.29 is 4.79 Å². The summed E-state index contributed by atoms with van der Waals surface area (Å²) in [6, 6.07) is 4.45. The van der Waals surface area contributed by atoms with E-state index in [0.29, 0.717) is 18.5 Å². The minimum absolute atomic E-state index is 0.0775. The average molecular weight is 254 g/mol. The maximum Gasteiger partial charge on any atom is 0.233 e. The molecule has 0 saturated heterocycles. The monoisotopic (exact) mass is 254 g/mol. The Morgan fingerprint density at radius 3 is 2.76 bits per heavy atom. The van der Waals surface area contributed by atoms with Gasteiger partial charge >= 0.3 is 0 Å². The van der Waals surface area contributed by atoms with E-state index in [4.69, 9.17) is 0 Å². The van der Waals surface area contributed by atoms with Crippen LogP contribution in [0.5, 0.6) is 0 Å². The lowest BCUT2D eigenvalue weighted by Gasteiger charge is -2.15. The van der Waals surface area contributed by atoms with Crippen molar-refractivity contribution in [2.45, 2.75) is 33.2 Å². The van der Waals surface area contributed by atoms with Crippen LogP contribution in [0.1, 0.15) is 38.1 Å². The van der Waals surface area contributed by atoms with Crippen molar-refractivity contribution in [3.05, 3.63) is 22.4 Å². The van der Waals surface area contributed by atoms with Crippen molar-refractivity contribution in [3.8, 4) is 0 Å². The van der Waals surface area contributed by atoms with Crippen LogP contribution in [0.3, 0.4) is 0 Å². The van der Waals surface area contributed by atoms with E-state index in [-0.39, 0.29) is 5.91 Å². The summed E-state index contributed by atoms with van der Waals surface area (Å²) >= 11 is 1.73. The molecule has 1 rings (SSSR count). The number of carbonyl (C=O) groups is 1. The highest BCUT2D eigenvalue weighted by atomic mass is 32.1. The van der Waals surface area contributed by atoms with Gasteiger partial charge in [-0.2, -0.15) is 0 Å². The van der Waals surface area contributed by atoms with Crippen LogP contribution in [0.2, 0.25) is 0 Å². The summed E-state index contributed by atoms with van der Waals surface area (Å²) < 4.78 is 0. The summed E-state index contributed by atoms with van der Waals surface area (Å²) in [6.45, 7) is 7.45. The van der Waals surface area contributed by atoms with E-state index >= 15 is 0 Å². The second-order valence-electron chi connectivity index (χ2n) is 4.56. The number of hydrogen-bond acceptors (Lipinski definition) is 3. The van der Waals surface area contributed by atoms with Crippen molar-refractivity contribution in [3.63, 3.8) is 0 Å². The Bertz CT molecular complexity index is 322.